The number of amides is 2. The van der Waals surface area contributed by atoms with Gasteiger partial charge in [-0.1, -0.05) is 0 Å². The third-order valence-corrected chi connectivity index (χ3v) is 4.33. The first kappa shape index (κ1) is 18.9. The van der Waals surface area contributed by atoms with Gasteiger partial charge in [0.05, 0.1) is 18.2 Å². The summed E-state index contributed by atoms with van der Waals surface area (Å²) >= 11 is 0. The van der Waals surface area contributed by atoms with Crippen LogP contribution >= 0.6 is 0 Å². The van der Waals surface area contributed by atoms with Gasteiger partial charge in [0.25, 0.3) is 5.91 Å². The molecule has 3 rings (SSSR count). The van der Waals surface area contributed by atoms with Crippen molar-refractivity contribution in [2.45, 2.75) is 45.4 Å². The molecule has 144 valence electrons. The summed E-state index contributed by atoms with van der Waals surface area (Å²) in [5.74, 6) is -1.05. The van der Waals surface area contributed by atoms with Crippen molar-refractivity contribution in [3.05, 3.63) is 34.9 Å². The van der Waals surface area contributed by atoms with Gasteiger partial charge in [0.2, 0.25) is 0 Å². The molecule has 0 saturated carbocycles. The zero-order valence-electron chi connectivity index (χ0n) is 15.5. The number of cyclic esters (lactones) is 1. The quantitative estimate of drug-likeness (QED) is 0.790. The van der Waals surface area contributed by atoms with Crippen LogP contribution in [0.1, 0.15) is 53.5 Å². The number of fused-ring (bicyclic) bond motifs is 1. The molecular formula is C19H22N2O6. The van der Waals surface area contributed by atoms with E-state index in [-0.39, 0.29) is 18.9 Å². The van der Waals surface area contributed by atoms with E-state index in [2.05, 4.69) is 5.32 Å². The number of benzene rings is 1. The highest BCUT2D eigenvalue weighted by Crippen LogP contribution is 2.21. The van der Waals surface area contributed by atoms with Gasteiger partial charge in [-0.15, -0.1) is 0 Å². The average molecular weight is 374 g/mol. The summed E-state index contributed by atoms with van der Waals surface area (Å²) < 4.78 is 10.2. The van der Waals surface area contributed by atoms with Gasteiger partial charge in [-0.05, 0) is 45.4 Å². The van der Waals surface area contributed by atoms with Crippen LogP contribution in [0.2, 0.25) is 0 Å². The fourth-order valence-corrected chi connectivity index (χ4v) is 2.97. The van der Waals surface area contributed by atoms with Gasteiger partial charge < -0.3 is 19.7 Å². The van der Waals surface area contributed by atoms with Gasteiger partial charge in [-0.25, -0.2) is 9.59 Å². The molecule has 0 radical (unpaired) electrons. The number of ketones is 1. The number of likely N-dealkylation sites (tertiary alicyclic amines) is 1. The Bertz CT molecular complexity index is 811. The van der Waals surface area contributed by atoms with Gasteiger partial charge in [-0.2, -0.15) is 0 Å². The van der Waals surface area contributed by atoms with E-state index in [0.717, 1.165) is 0 Å². The molecule has 1 aromatic rings. The molecule has 0 aromatic heterocycles. The van der Waals surface area contributed by atoms with Gasteiger partial charge in [0.1, 0.15) is 12.2 Å². The molecule has 1 saturated heterocycles. The zero-order valence-corrected chi connectivity index (χ0v) is 15.5. The molecule has 1 aromatic carbocycles. The summed E-state index contributed by atoms with van der Waals surface area (Å²) in [4.78, 5) is 49.7. The number of piperidine rings is 1. The first-order chi connectivity index (χ1) is 12.6. The molecule has 8 heteroatoms. The maximum absolute atomic E-state index is 12.4. The molecule has 2 aliphatic rings. The lowest BCUT2D eigenvalue weighted by Crippen LogP contribution is -2.53. The van der Waals surface area contributed by atoms with Crippen molar-refractivity contribution in [3.8, 4) is 0 Å². The first-order valence-corrected chi connectivity index (χ1v) is 8.75. The molecule has 1 fully saturated rings. The van der Waals surface area contributed by atoms with Crippen molar-refractivity contribution >= 4 is 23.8 Å². The Balaban J connectivity index is 1.59. The second-order valence-electron chi connectivity index (χ2n) is 7.63. The molecule has 8 nitrogen and oxygen atoms in total. The number of nitrogens with zero attached hydrogens (tertiary/aromatic N) is 1. The van der Waals surface area contributed by atoms with E-state index >= 15 is 0 Å². The van der Waals surface area contributed by atoms with E-state index < -0.39 is 29.6 Å². The summed E-state index contributed by atoms with van der Waals surface area (Å²) in [5, 5.41) is 2.70. The Hall–Kier alpha value is -2.90. The fourth-order valence-electron chi connectivity index (χ4n) is 2.97. The van der Waals surface area contributed by atoms with E-state index in [4.69, 9.17) is 9.47 Å². The van der Waals surface area contributed by atoms with E-state index in [1.165, 1.54) is 11.0 Å². The second-order valence-corrected chi connectivity index (χ2v) is 7.63. The smallest absolute Gasteiger partial charge is 0.410 e. The fraction of sp³-hybridized carbons (Fsp3) is 0.474. The highest BCUT2D eigenvalue weighted by molar-refractivity contribution is 6.01. The van der Waals surface area contributed by atoms with Crippen LogP contribution in [-0.4, -0.2) is 53.4 Å². The standard InChI is InChI=1S/C19H22N2O6/c1-19(2,3)27-18(25)21-7-6-14(15(22)9-21)20-16(23)11-4-5-13-12(8-11)10-26-17(13)24/h4-5,8,14H,6-7,9-10H2,1-3H3,(H,20,23). The maximum atomic E-state index is 12.4. The molecule has 27 heavy (non-hydrogen) atoms. The SMILES string of the molecule is CC(C)(C)OC(=O)N1CCC(NC(=O)c2ccc3c(c2)COC3=O)C(=O)C1. The van der Waals surface area contributed by atoms with Crippen molar-refractivity contribution in [1.82, 2.24) is 10.2 Å². The highest BCUT2D eigenvalue weighted by atomic mass is 16.6. The molecule has 0 aliphatic carbocycles. The van der Waals surface area contributed by atoms with Crippen LogP contribution in [0.15, 0.2) is 18.2 Å². The minimum Gasteiger partial charge on any atom is -0.457 e. The molecule has 0 spiro atoms. The number of Topliss-reactive ketones (excluding diaryl/α,β-unsaturated/α-hetero) is 1. The Morgan fingerprint density at radius 3 is 2.67 bits per heavy atom. The van der Waals surface area contributed by atoms with Gasteiger partial charge in [-0.3, -0.25) is 9.59 Å². The number of esters is 1. The van der Waals surface area contributed by atoms with Crippen LogP contribution < -0.4 is 5.32 Å². The number of rotatable bonds is 2. The minimum atomic E-state index is -0.665. The molecule has 0 bridgehead atoms. The predicted molar refractivity (Wildman–Crippen MR) is 94.2 cm³/mol. The second kappa shape index (κ2) is 7.02. The van der Waals surface area contributed by atoms with Crippen molar-refractivity contribution in [3.63, 3.8) is 0 Å². The topological polar surface area (TPSA) is 102 Å². The van der Waals surface area contributed by atoms with Crippen LogP contribution in [0.25, 0.3) is 0 Å². The van der Waals surface area contributed by atoms with Crippen LogP contribution in [0.3, 0.4) is 0 Å². The molecule has 2 amide bonds. The lowest BCUT2D eigenvalue weighted by atomic mass is 10.0. The van der Waals surface area contributed by atoms with E-state index in [0.29, 0.717) is 29.7 Å². The third-order valence-electron chi connectivity index (χ3n) is 4.33. The molecule has 1 unspecified atom stereocenters. The number of hydrogen-bond acceptors (Lipinski definition) is 6. The Labute approximate surface area is 156 Å². The summed E-state index contributed by atoms with van der Waals surface area (Å²) in [6, 6.07) is 4.01. The van der Waals surface area contributed by atoms with Crippen LogP contribution in [0.4, 0.5) is 4.79 Å². The minimum absolute atomic E-state index is 0.105. The van der Waals surface area contributed by atoms with Gasteiger partial charge in [0.15, 0.2) is 5.78 Å². The lowest BCUT2D eigenvalue weighted by molar-refractivity contribution is -0.124. The number of nitrogens with one attached hydrogen (secondary N) is 1. The first-order valence-electron chi connectivity index (χ1n) is 8.75. The van der Waals surface area contributed by atoms with E-state index in [1.807, 2.05) is 0 Å². The number of carbonyl (C=O) groups excluding carboxylic acids is 4. The molecule has 1 N–H and O–H groups in total. The summed E-state index contributed by atoms with van der Waals surface area (Å²) in [7, 11) is 0. The van der Waals surface area contributed by atoms with Gasteiger partial charge in [0, 0.05) is 17.7 Å². The molecular weight excluding hydrogens is 352 g/mol. The summed E-state index contributed by atoms with van der Waals surface area (Å²) in [6.45, 7) is 5.63. The van der Waals surface area contributed by atoms with Crippen LogP contribution in [0.5, 0.6) is 0 Å². The Morgan fingerprint density at radius 1 is 1.26 bits per heavy atom. The number of ether oxygens (including phenoxy) is 2. The van der Waals surface area contributed by atoms with Crippen molar-refractivity contribution < 1.29 is 28.7 Å². The van der Waals surface area contributed by atoms with Crippen molar-refractivity contribution in [2.24, 2.45) is 0 Å². The Morgan fingerprint density at radius 2 is 2.00 bits per heavy atom. The predicted octanol–water partition coefficient (Wildman–Crippen LogP) is 1.67. The molecule has 1 atom stereocenters. The van der Waals surface area contributed by atoms with Gasteiger partial charge >= 0.3 is 12.1 Å². The van der Waals surface area contributed by atoms with Crippen LogP contribution in [-0.2, 0) is 20.9 Å². The average Bonchev–Trinajstić information content (AvgIpc) is 2.95. The monoisotopic (exact) mass is 374 g/mol. The maximum Gasteiger partial charge on any atom is 0.410 e. The summed E-state index contributed by atoms with van der Waals surface area (Å²) in [6.07, 6.45) is -0.222. The van der Waals surface area contributed by atoms with E-state index in [1.54, 1.807) is 32.9 Å². The lowest BCUT2D eigenvalue weighted by Gasteiger charge is -2.32. The Kier molecular flexibility index (Phi) is 4.91. The van der Waals surface area contributed by atoms with Crippen LogP contribution in [0, 0.1) is 0 Å². The molecule has 2 aliphatic heterocycles. The third kappa shape index (κ3) is 4.27. The van der Waals surface area contributed by atoms with Crippen molar-refractivity contribution in [2.75, 3.05) is 13.1 Å². The number of carbonyl (C=O) groups is 4. The highest BCUT2D eigenvalue weighted by Gasteiger charge is 2.33. The van der Waals surface area contributed by atoms with E-state index in [9.17, 15) is 19.2 Å². The normalized spacial score (nSPS) is 19.4. The molecule has 2 heterocycles. The number of hydrogen-bond donors (Lipinski definition) is 1. The largest absolute Gasteiger partial charge is 0.457 e. The summed E-state index contributed by atoms with van der Waals surface area (Å²) in [5.41, 5.74) is 0.825. The zero-order chi connectivity index (χ0) is 19.8. The van der Waals surface area contributed by atoms with Crippen molar-refractivity contribution in [1.29, 1.82) is 0 Å².